The van der Waals surface area contributed by atoms with Crippen molar-refractivity contribution in [2.24, 2.45) is 4.99 Å². The number of carbonyl (C=O) groups is 1. The number of methoxy groups -OCH3 is 3. The summed E-state index contributed by atoms with van der Waals surface area (Å²) in [5.74, 6) is 0.437. The molecule has 0 atom stereocenters. The van der Waals surface area contributed by atoms with Crippen LogP contribution >= 0.6 is 0 Å². The molecule has 0 heterocycles. The molecule has 0 aliphatic carbocycles. The number of alkyl halides is 3. The lowest BCUT2D eigenvalue weighted by Gasteiger charge is -2.11. The molecule has 0 aliphatic rings. The van der Waals surface area contributed by atoms with Crippen molar-refractivity contribution in [1.82, 2.24) is 5.32 Å². The Hall–Kier alpha value is -3.23. The first-order chi connectivity index (χ1) is 13.8. The van der Waals surface area contributed by atoms with Crippen LogP contribution in [0.4, 0.5) is 13.2 Å². The Bertz CT molecular complexity index is 882. The van der Waals surface area contributed by atoms with Gasteiger partial charge >= 0.3 is 6.18 Å². The van der Waals surface area contributed by atoms with Gasteiger partial charge in [-0.25, -0.2) is 4.99 Å². The zero-order chi connectivity index (χ0) is 21.4. The maximum absolute atomic E-state index is 12.8. The smallest absolute Gasteiger partial charge is 0.416 e. The van der Waals surface area contributed by atoms with Crippen LogP contribution in [-0.2, 0) is 17.3 Å². The summed E-state index contributed by atoms with van der Waals surface area (Å²) in [6, 6.07) is 9.45. The molecule has 0 unspecified atom stereocenters. The number of hydrogen-bond donors (Lipinski definition) is 1. The van der Waals surface area contributed by atoms with Gasteiger partial charge in [-0.3, -0.25) is 10.1 Å². The summed E-state index contributed by atoms with van der Waals surface area (Å²) in [4.78, 5) is 16.4. The first-order valence-corrected chi connectivity index (χ1v) is 8.56. The van der Waals surface area contributed by atoms with E-state index in [4.69, 9.17) is 14.2 Å². The molecule has 2 rings (SSSR count). The molecule has 0 aliphatic heterocycles. The Morgan fingerprint density at radius 3 is 2.38 bits per heavy atom. The lowest BCUT2D eigenvalue weighted by Crippen LogP contribution is -2.32. The van der Waals surface area contributed by atoms with Crippen molar-refractivity contribution >= 4 is 11.9 Å². The van der Waals surface area contributed by atoms with Gasteiger partial charge in [-0.05, 0) is 42.3 Å². The van der Waals surface area contributed by atoms with E-state index in [2.05, 4.69) is 10.3 Å². The number of nitrogens with zero attached hydrogens (tertiary/aromatic N) is 1. The molecule has 0 spiro atoms. The molecule has 0 bridgehead atoms. The third kappa shape index (κ3) is 6.13. The van der Waals surface area contributed by atoms with E-state index >= 15 is 0 Å². The molecule has 0 fully saturated rings. The second-order valence-electron chi connectivity index (χ2n) is 5.86. The normalized spacial score (nSPS) is 11.7. The number of hydrogen-bond acceptors (Lipinski definition) is 5. The number of ether oxygens (including phenoxy) is 3. The molecule has 0 aromatic heterocycles. The van der Waals surface area contributed by atoms with Crippen molar-refractivity contribution in [2.75, 3.05) is 27.9 Å². The van der Waals surface area contributed by atoms with Gasteiger partial charge in [0.25, 0.3) is 11.9 Å². The predicted octanol–water partition coefficient (Wildman–Crippen LogP) is 3.70. The standard InChI is InChI=1S/C20H21F3N2O4/c1-27-16-8-7-13(11-17(16)28-2)9-10-24-19(29-3)25-18(26)14-5-4-6-15(12-14)20(21,22)23/h4-8,11-12H,9-10H2,1-3H3,(H,24,25,26). The van der Waals surface area contributed by atoms with Gasteiger partial charge in [-0.1, -0.05) is 12.1 Å². The fraction of sp³-hybridized carbons (Fsp3) is 0.300. The van der Waals surface area contributed by atoms with E-state index in [0.29, 0.717) is 17.9 Å². The molecule has 6 nitrogen and oxygen atoms in total. The summed E-state index contributed by atoms with van der Waals surface area (Å²) >= 11 is 0. The number of benzene rings is 2. The van der Waals surface area contributed by atoms with Gasteiger partial charge < -0.3 is 14.2 Å². The third-order valence-electron chi connectivity index (χ3n) is 3.97. The molecule has 1 N–H and O–H groups in total. The minimum atomic E-state index is -4.53. The van der Waals surface area contributed by atoms with Gasteiger partial charge in [0.1, 0.15) is 0 Å². The second-order valence-corrected chi connectivity index (χ2v) is 5.86. The van der Waals surface area contributed by atoms with Crippen molar-refractivity contribution in [3.8, 4) is 11.5 Å². The molecule has 1 amide bonds. The zero-order valence-electron chi connectivity index (χ0n) is 16.2. The summed E-state index contributed by atoms with van der Waals surface area (Å²) < 4.78 is 53.8. The van der Waals surface area contributed by atoms with Crippen LogP contribution in [0.1, 0.15) is 21.5 Å². The Morgan fingerprint density at radius 2 is 1.76 bits per heavy atom. The lowest BCUT2D eigenvalue weighted by molar-refractivity contribution is -0.137. The first kappa shape index (κ1) is 22.1. The predicted molar refractivity (Wildman–Crippen MR) is 101 cm³/mol. The van der Waals surface area contributed by atoms with Crippen molar-refractivity contribution in [3.63, 3.8) is 0 Å². The van der Waals surface area contributed by atoms with Gasteiger partial charge in [0.05, 0.1) is 26.9 Å². The SMILES string of the molecule is COC(=NCCc1ccc(OC)c(OC)c1)NC(=O)c1cccc(C(F)(F)F)c1. The van der Waals surface area contributed by atoms with Crippen LogP contribution in [0.2, 0.25) is 0 Å². The molecule has 2 aromatic carbocycles. The summed E-state index contributed by atoms with van der Waals surface area (Å²) in [7, 11) is 4.38. The summed E-state index contributed by atoms with van der Waals surface area (Å²) in [6.07, 6.45) is -4.01. The van der Waals surface area contributed by atoms with Crippen LogP contribution < -0.4 is 14.8 Å². The minimum absolute atomic E-state index is 0.0899. The highest BCUT2D eigenvalue weighted by Crippen LogP contribution is 2.29. The molecular formula is C20H21F3N2O4. The number of carbonyl (C=O) groups excluding carboxylic acids is 1. The number of amides is 1. The second kappa shape index (κ2) is 9.81. The lowest BCUT2D eigenvalue weighted by atomic mass is 10.1. The van der Waals surface area contributed by atoms with Crippen molar-refractivity contribution in [2.45, 2.75) is 12.6 Å². The van der Waals surface area contributed by atoms with E-state index in [1.165, 1.54) is 26.4 Å². The van der Waals surface area contributed by atoms with Crippen molar-refractivity contribution in [3.05, 3.63) is 59.2 Å². The highest BCUT2D eigenvalue weighted by Gasteiger charge is 2.31. The van der Waals surface area contributed by atoms with Crippen LogP contribution in [-0.4, -0.2) is 39.8 Å². The van der Waals surface area contributed by atoms with Gasteiger partial charge in [0, 0.05) is 12.1 Å². The number of nitrogens with one attached hydrogen (secondary N) is 1. The topological polar surface area (TPSA) is 69.2 Å². The number of rotatable bonds is 6. The first-order valence-electron chi connectivity index (χ1n) is 8.56. The van der Waals surface area contributed by atoms with Crippen LogP contribution in [0.25, 0.3) is 0 Å². The van der Waals surface area contributed by atoms with E-state index in [9.17, 15) is 18.0 Å². The third-order valence-corrected chi connectivity index (χ3v) is 3.97. The van der Waals surface area contributed by atoms with E-state index in [0.717, 1.165) is 17.7 Å². The maximum Gasteiger partial charge on any atom is 0.416 e. The quantitative estimate of drug-likeness (QED) is 0.583. The monoisotopic (exact) mass is 410 g/mol. The zero-order valence-corrected chi connectivity index (χ0v) is 16.2. The molecule has 0 saturated carbocycles. The molecule has 0 saturated heterocycles. The molecule has 29 heavy (non-hydrogen) atoms. The van der Waals surface area contributed by atoms with Gasteiger partial charge in [0.15, 0.2) is 11.5 Å². The number of halogens is 3. The van der Waals surface area contributed by atoms with Crippen LogP contribution in [0.3, 0.4) is 0 Å². The van der Waals surface area contributed by atoms with Gasteiger partial charge in [0.2, 0.25) is 0 Å². The fourth-order valence-corrected chi connectivity index (χ4v) is 2.48. The molecule has 9 heteroatoms. The van der Waals surface area contributed by atoms with E-state index in [1.54, 1.807) is 13.2 Å². The molecule has 156 valence electrons. The maximum atomic E-state index is 12.8. The Labute approximate surface area is 166 Å². The fourth-order valence-electron chi connectivity index (χ4n) is 2.48. The number of aliphatic imine (C=N–C) groups is 1. The Morgan fingerprint density at radius 1 is 1.03 bits per heavy atom. The Balaban J connectivity index is 2.02. The van der Waals surface area contributed by atoms with Gasteiger partial charge in [-0.15, -0.1) is 0 Å². The molecular weight excluding hydrogens is 389 g/mol. The van der Waals surface area contributed by atoms with E-state index < -0.39 is 17.6 Å². The summed E-state index contributed by atoms with van der Waals surface area (Å²) in [5, 5.41) is 2.37. The summed E-state index contributed by atoms with van der Waals surface area (Å²) in [6.45, 7) is 0.279. The van der Waals surface area contributed by atoms with Crippen molar-refractivity contribution < 1.29 is 32.2 Å². The number of amidine groups is 1. The highest BCUT2D eigenvalue weighted by atomic mass is 19.4. The van der Waals surface area contributed by atoms with Crippen molar-refractivity contribution in [1.29, 1.82) is 0 Å². The van der Waals surface area contributed by atoms with E-state index in [1.807, 2.05) is 12.1 Å². The van der Waals surface area contributed by atoms with Crippen LogP contribution in [0.15, 0.2) is 47.5 Å². The van der Waals surface area contributed by atoms with E-state index in [-0.39, 0.29) is 18.1 Å². The molecule has 0 radical (unpaired) electrons. The molecule has 2 aromatic rings. The van der Waals surface area contributed by atoms with Crippen LogP contribution in [0, 0.1) is 0 Å². The van der Waals surface area contributed by atoms with Gasteiger partial charge in [-0.2, -0.15) is 13.2 Å². The minimum Gasteiger partial charge on any atom is -0.493 e. The average Bonchev–Trinajstić information content (AvgIpc) is 2.72. The Kier molecular flexibility index (Phi) is 7.46. The summed E-state index contributed by atoms with van der Waals surface area (Å²) in [5.41, 5.74) is -0.134. The largest absolute Gasteiger partial charge is 0.493 e. The highest BCUT2D eigenvalue weighted by molar-refractivity contribution is 6.04. The van der Waals surface area contributed by atoms with Crippen LogP contribution in [0.5, 0.6) is 11.5 Å². The average molecular weight is 410 g/mol.